The van der Waals surface area contributed by atoms with Gasteiger partial charge in [0.15, 0.2) is 0 Å². The first-order valence-electron chi connectivity index (χ1n) is 7.29. The predicted octanol–water partition coefficient (Wildman–Crippen LogP) is 3.57. The molecule has 0 saturated carbocycles. The van der Waals surface area contributed by atoms with Crippen LogP contribution in [0.25, 0.3) is 10.9 Å². The number of rotatable bonds is 4. The highest BCUT2D eigenvalue weighted by Gasteiger charge is 2.14. The average molecular weight is 317 g/mol. The summed E-state index contributed by atoms with van der Waals surface area (Å²) in [4.78, 5) is 5.09. The molecule has 1 aromatic carbocycles. The molecule has 3 rings (SSSR count). The summed E-state index contributed by atoms with van der Waals surface area (Å²) >= 11 is 7.23. The zero-order chi connectivity index (χ0) is 14.7. The van der Waals surface area contributed by atoms with Crippen LogP contribution in [0.5, 0.6) is 0 Å². The first-order valence-corrected chi connectivity index (χ1v) is 8.75. The Kier molecular flexibility index (Phi) is 4.60. The van der Waals surface area contributed by atoms with Crippen molar-refractivity contribution in [1.82, 2.24) is 4.98 Å². The Balaban J connectivity index is 1.83. The highest BCUT2D eigenvalue weighted by Crippen LogP contribution is 2.26. The largest absolute Gasteiger partial charge is 0.389 e. The van der Waals surface area contributed by atoms with Gasteiger partial charge in [0.1, 0.15) is 10.8 Å². The van der Waals surface area contributed by atoms with Crippen LogP contribution in [0.1, 0.15) is 24.8 Å². The van der Waals surface area contributed by atoms with Gasteiger partial charge in [-0.1, -0.05) is 36.8 Å². The van der Waals surface area contributed by atoms with Crippen molar-refractivity contribution >= 4 is 45.7 Å². The number of fused-ring (bicyclic) bond motifs is 1. The van der Waals surface area contributed by atoms with E-state index < -0.39 is 0 Å². The lowest BCUT2D eigenvalue weighted by atomic mass is 10.1. The number of para-hydroxylation sites is 1. The van der Waals surface area contributed by atoms with Gasteiger partial charge >= 0.3 is 0 Å². The van der Waals surface area contributed by atoms with E-state index in [1.54, 1.807) is 0 Å². The Morgan fingerprint density at radius 1 is 1.38 bits per heavy atom. The van der Waals surface area contributed by atoms with Gasteiger partial charge in [-0.15, -0.1) is 0 Å². The van der Waals surface area contributed by atoms with Gasteiger partial charge < -0.3 is 11.1 Å². The first-order chi connectivity index (χ1) is 10.2. The van der Waals surface area contributed by atoms with Gasteiger partial charge in [-0.25, -0.2) is 4.98 Å². The highest BCUT2D eigenvalue weighted by atomic mass is 32.2. The van der Waals surface area contributed by atoms with Crippen LogP contribution in [-0.4, -0.2) is 27.5 Å². The third kappa shape index (κ3) is 3.47. The molecule has 0 radical (unpaired) electrons. The van der Waals surface area contributed by atoms with Crippen molar-refractivity contribution in [3.8, 4) is 0 Å². The second-order valence-corrected chi connectivity index (χ2v) is 7.15. The summed E-state index contributed by atoms with van der Waals surface area (Å²) in [7, 11) is 0. The minimum Gasteiger partial charge on any atom is -0.389 e. The van der Waals surface area contributed by atoms with Gasteiger partial charge in [0, 0.05) is 22.7 Å². The third-order valence-electron chi connectivity index (χ3n) is 3.77. The number of thioether (sulfide) groups is 1. The lowest BCUT2D eigenvalue weighted by Crippen LogP contribution is -2.21. The van der Waals surface area contributed by atoms with Crippen LogP contribution in [-0.2, 0) is 0 Å². The molecule has 21 heavy (non-hydrogen) atoms. The molecule has 1 aliphatic rings. The van der Waals surface area contributed by atoms with Crippen molar-refractivity contribution in [2.24, 2.45) is 5.73 Å². The number of thiocarbonyl (C=S) groups is 1. The maximum atomic E-state index is 5.86. The fourth-order valence-electron chi connectivity index (χ4n) is 2.66. The molecule has 3 N–H and O–H groups in total. The highest BCUT2D eigenvalue weighted by molar-refractivity contribution is 7.99. The fourth-order valence-corrected chi connectivity index (χ4v) is 4.06. The van der Waals surface area contributed by atoms with E-state index in [4.69, 9.17) is 18.0 Å². The third-order valence-corrected chi connectivity index (χ3v) is 5.38. The number of nitrogens with zero attached hydrogens (tertiary/aromatic N) is 1. The topological polar surface area (TPSA) is 50.9 Å². The van der Waals surface area contributed by atoms with Crippen LogP contribution in [0.2, 0.25) is 0 Å². The molecule has 0 spiro atoms. The summed E-state index contributed by atoms with van der Waals surface area (Å²) in [6, 6.07) is 9.95. The van der Waals surface area contributed by atoms with Crippen LogP contribution in [0.4, 0.5) is 5.82 Å². The molecular weight excluding hydrogens is 298 g/mol. The lowest BCUT2D eigenvalue weighted by Gasteiger charge is -2.22. The molecule has 5 heteroatoms. The van der Waals surface area contributed by atoms with Gasteiger partial charge in [-0.2, -0.15) is 11.8 Å². The van der Waals surface area contributed by atoms with Crippen molar-refractivity contribution < 1.29 is 0 Å². The van der Waals surface area contributed by atoms with E-state index in [2.05, 4.69) is 22.1 Å². The molecule has 2 aromatic rings. The van der Waals surface area contributed by atoms with E-state index in [1.807, 2.05) is 30.3 Å². The Hall–Kier alpha value is -1.33. The van der Waals surface area contributed by atoms with E-state index in [1.165, 1.54) is 25.0 Å². The number of anilines is 1. The fraction of sp³-hybridized carbons (Fsp3) is 0.375. The molecule has 2 heterocycles. The zero-order valence-electron chi connectivity index (χ0n) is 11.8. The lowest BCUT2D eigenvalue weighted by molar-refractivity contribution is 0.677. The SMILES string of the molecule is NC(=S)c1cc(NCC2CCCCS2)nc2ccccc12. The predicted molar refractivity (Wildman–Crippen MR) is 96.2 cm³/mol. The smallest absolute Gasteiger partial charge is 0.127 e. The van der Waals surface area contributed by atoms with E-state index in [-0.39, 0.29) is 0 Å². The molecule has 1 aromatic heterocycles. The molecule has 1 fully saturated rings. The summed E-state index contributed by atoms with van der Waals surface area (Å²) in [6.07, 6.45) is 3.97. The van der Waals surface area contributed by atoms with Crippen molar-refractivity contribution in [3.63, 3.8) is 0 Å². The number of hydrogen-bond acceptors (Lipinski definition) is 4. The standard InChI is InChI=1S/C16H19N3S2/c17-16(20)13-9-15(18-10-11-5-3-4-8-21-11)19-14-7-2-1-6-12(13)14/h1-2,6-7,9,11H,3-5,8,10H2,(H2,17,20)(H,18,19). The van der Waals surface area contributed by atoms with Gasteiger partial charge in [-0.05, 0) is 30.7 Å². The van der Waals surface area contributed by atoms with E-state index in [0.717, 1.165) is 28.8 Å². The normalized spacial score (nSPS) is 18.6. The molecule has 1 saturated heterocycles. The van der Waals surface area contributed by atoms with Crippen molar-refractivity contribution in [1.29, 1.82) is 0 Å². The molecule has 0 aliphatic carbocycles. The molecule has 0 bridgehead atoms. The molecule has 1 aliphatic heterocycles. The van der Waals surface area contributed by atoms with Crippen LogP contribution < -0.4 is 11.1 Å². The summed E-state index contributed by atoms with van der Waals surface area (Å²) in [6.45, 7) is 0.951. The summed E-state index contributed by atoms with van der Waals surface area (Å²) in [5.41, 5.74) is 7.69. The van der Waals surface area contributed by atoms with Crippen LogP contribution in [0, 0.1) is 0 Å². The molecule has 0 amide bonds. The first kappa shape index (κ1) is 14.6. The number of hydrogen-bond donors (Lipinski definition) is 2. The average Bonchev–Trinajstić information content (AvgIpc) is 2.53. The molecule has 110 valence electrons. The number of benzene rings is 1. The molecular formula is C16H19N3S2. The second-order valence-electron chi connectivity index (χ2n) is 5.31. The maximum Gasteiger partial charge on any atom is 0.127 e. The minimum absolute atomic E-state index is 0.420. The van der Waals surface area contributed by atoms with E-state index in [9.17, 15) is 0 Å². The molecule has 1 unspecified atom stereocenters. The quantitative estimate of drug-likeness (QED) is 0.844. The van der Waals surface area contributed by atoms with Gasteiger partial charge in [0.05, 0.1) is 5.52 Å². The van der Waals surface area contributed by atoms with Crippen LogP contribution >= 0.6 is 24.0 Å². The Morgan fingerprint density at radius 2 is 2.24 bits per heavy atom. The number of nitrogens with one attached hydrogen (secondary N) is 1. The number of nitrogens with two attached hydrogens (primary N) is 1. The monoisotopic (exact) mass is 317 g/mol. The molecule has 3 nitrogen and oxygen atoms in total. The van der Waals surface area contributed by atoms with Crippen LogP contribution in [0.15, 0.2) is 30.3 Å². The maximum absolute atomic E-state index is 5.86. The van der Waals surface area contributed by atoms with E-state index >= 15 is 0 Å². The minimum atomic E-state index is 0.420. The van der Waals surface area contributed by atoms with Crippen molar-refractivity contribution in [3.05, 3.63) is 35.9 Å². The molecule has 1 atom stereocenters. The summed E-state index contributed by atoms with van der Waals surface area (Å²) in [5, 5.41) is 5.15. The van der Waals surface area contributed by atoms with Gasteiger partial charge in [0.25, 0.3) is 0 Å². The van der Waals surface area contributed by atoms with Crippen molar-refractivity contribution in [2.45, 2.75) is 24.5 Å². The Labute approximate surface area is 134 Å². The van der Waals surface area contributed by atoms with Gasteiger partial charge in [0.2, 0.25) is 0 Å². The van der Waals surface area contributed by atoms with Gasteiger partial charge in [-0.3, -0.25) is 0 Å². The zero-order valence-corrected chi connectivity index (χ0v) is 13.5. The number of pyridine rings is 1. The second kappa shape index (κ2) is 6.62. The van der Waals surface area contributed by atoms with Crippen LogP contribution in [0.3, 0.4) is 0 Å². The Bertz CT molecular complexity index is 651. The number of aromatic nitrogens is 1. The van der Waals surface area contributed by atoms with E-state index in [0.29, 0.717) is 10.2 Å². The Morgan fingerprint density at radius 3 is 3.00 bits per heavy atom. The summed E-state index contributed by atoms with van der Waals surface area (Å²) in [5.74, 6) is 2.14. The summed E-state index contributed by atoms with van der Waals surface area (Å²) < 4.78 is 0. The van der Waals surface area contributed by atoms with Crippen molar-refractivity contribution in [2.75, 3.05) is 17.6 Å².